The van der Waals surface area contributed by atoms with E-state index >= 15 is 0 Å². The van der Waals surface area contributed by atoms with E-state index in [9.17, 15) is 4.39 Å². The van der Waals surface area contributed by atoms with Crippen molar-refractivity contribution in [2.75, 3.05) is 0 Å². The average molecular weight is 156 g/mol. The van der Waals surface area contributed by atoms with Crippen LogP contribution in [0, 0.1) is 0 Å². The topological polar surface area (TPSA) is 40.5 Å². The second kappa shape index (κ2) is 3.34. The highest BCUT2D eigenvalue weighted by Gasteiger charge is 2.00. The zero-order valence-corrected chi connectivity index (χ0v) is 5.92. The molecular weight excluding hydrogens is 147 g/mol. The van der Waals surface area contributed by atoms with Crippen molar-refractivity contribution in [3.05, 3.63) is 29.3 Å². The summed E-state index contributed by atoms with van der Waals surface area (Å²) in [6.07, 6.45) is 0. The molecule has 0 atom stereocenters. The first-order valence-electron chi connectivity index (χ1n) is 3.25. The lowest BCUT2D eigenvalue weighted by atomic mass is 10.1. The van der Waals surface area contributed by atoms with Crippen LogP contribution >= 0.6 is 0 Å². The number of halogens is 1. The van der Waals surface area contributed by atoms with Crippen LogP contribution in [0.4, 0.5) is 4.39 Å². The number of hydrogen-bond donors (Lipinski definition) is 2. The highest BCUT2D eigenvalue weighted by atomic mass is 19.1. The smallest absolute Gasteiger partial charge is 0.121 e. The Morgan fingerprint density at radius 3 is 2.64 bits per heavy atom. The highest BCUT2D eigenvalue weighted by Crippen LogP contribution is 2.18. The summed E-state index contributed by atoms with van der Waals surface area (Å²) in [6.45, 7) is -0.840. The first-order valence-corrected chi connectivity index (χ1v) is 3.25. The van der Waals surface area contributed by atoms with Crippen molar-refractivity contribution in [2.45, 2.75) is 13.3 Å². The van der Waals surface area contributed by atoms with Crippen LogP contribution in [0.25, 0.3) is 0 Å². The van der Waals surface area contributed by atoms with Gasteiger partial charge in [-0.15, -0.1) is 0 Å². The molecule has 0 saturated heterocycles. The van der Waals surface area contributed by atoms with Crippen molar-refractivity contribution in [3.8, 4) is 5.75 Å². The number of aliphatic hydroxyl groups excluding tert-OH is 1. The van der Waals surface area contributed by atoms with E-state index in [-0.39, 0.29) is 12.4 Å². The van der Waals surface area contributed by atoms with Crippen LogP contribution < -0.4 is 0 Å². The molecule has 0 amide bonds. The van der Waals surface area contributed by atoms with E-state index in [1.807, 2.05) is 0 Å². The lowest BCUT2D eigenvalue weighted by molar-refractivity contribution is 0.275. The van der Waals surface area contributed by atoms with Crippen molar-refractivity contribution >= 4 is 0 Å². The van der Waals surface area contributed by atoms with E-state index in [2.05, 4.69) is 0 Å². The quantitative estimate of drug-likeness (QED) is 0.678. The Morgan fingerprint density at radius 2 is 2.09 bits per heavy atom. The van der Waals surface area contributed by atoms with Crippen LogP contribution in [0.5, 0.6) is 5.75 Å². The minimum Gasteiger partial charge on any atom is -0.508 e. The molecule has 2 N–H and O–H groups in total. The molecule has 1 aromatic carbocycles. The molecule has 0 radical (unpaired) electrons. The first-order chi connectivity index (χ1) is 5.27. The van der Waals surface area contributed by atoms with Crippen molar-refractivity contribution in [1.82, 2.24) is 0 Å². The molecule has 0 bridgehead atoms. The van der Waals surface area contributed by atoms with Gasteiger partial charge in [-0.3, -0.25) is 0 Å². The maximum absolute atomic E-state index is 12.0. The maximum atomic E-state index is 12.0. The minimum atomic E-state index is -0.576. The molecule has 0 unspecified atom stereocenters. The van der Waals surface area contributed by atoms with Crippen molar-refractivity contribution in [1.29, 1.82) is 0 Å². The SMILES string of the molecule is OCc1cc(CF)ccc1O. The van der Waals surface area contributed by atoms with Crippen molar-refractivity contribution in [3.63, 3.8) is 0 Å². The number of hydrogen-bond acceptors (Lipinski definition) is 2. The van der Waals surface area contributed by atoms with Crippen LogP contribution in [0.1, 0.15) is 11.1 Å². The highest BCUT2D eigenvalue weighted by molar-refractivity contribution is 5.35. The Hall–Kier alpha value is -1.09. The van der Waals surface area contributed by atoms with E-state index in [0.29, 0.717) is 11.1 Å². The third kappa shape index (κ3) is 1.68. The van der Waals surface area contributed by atoms with Gasteiger partial charge in [0, 0.05) is 5.56 Å². The fourth-order valence-electron chi connectivity index (χ4n) is 0.849. The standard InChI is InChI=1S/C8H9FO2/c9-4-6-1-2-8(11)7(3-6)5-10/h1-3,10-11H,4-5H2. The van der Waals surface area contributed by atoms with Crippen molar-refractivity contribution < 1.29 is 14.6 Å². The number of benzene rings is 1. The fourth-order valence-corrected chi connectivity index (χ4v) is 0.849. The van der Waals surface area contributed by atoms with E-state index in [1.54, 1.807) is 0 Å². The maximum Gasteiger partial charge on any atom is 0.121 e. The van der Waals surface area contributed by atoms with Gasteiger partial charge in [0.05, 0.1) is 6.61 Å². The van der Waals surface area contributed by atoms with Gasteiger partial charge in [0.15, 0.2) is 0 Å². The molecule has 0 saturated carbocycles. The molecule has 0 fully saturated rings. The predicted octanol–water partition coefficient (Wildman–Crippen LogP) is 1.35. The van der Waals surface area contributed by atoms with Crippen LogP contribution in [0.15, 0.2) is 18.2 Å². The lowest BCUT2D eigenvalue weighted by Gasteiger charge is -2.01. The van der Waals surface area contributed by atoms with Crippen LogP contribution in [-0.4, -0.2) is 10.2 Å². The molecule has 0 aliphatic carbocycles. The van der Waals surface area contributed by atoms with E-state index in [4.69, 9.17) is 10.2 Å². The molecule has 3 heteroatoms. The summed E-state index contributed by atoms with van der Waals surface area (Å²) in [4.78, 5) is 0. The van der Waals surface area contributed by atoms with Gasteiger partial charge in [0.2, 0.25) is 0 Å². The van der Waals surface area contributed by atoms with E-state index in [1.165, 1.54) is 18.2 Å². The monoisotopic (exact) mass is 156 g/mol. The first kappa shape index (κ1) is 8.01. The van der Waals surface area contributed by atoms with Gasteiger partial charge in [-0.25, -0.2) is 4.39 Å². The van der Waals surface area contributed by atoms with Gasteiger partial charge in [0.1, 0.15) is 12.4 Å². The minimum absolute atomic E-state index is 0.00435. The summed E-state index contributed by atoms with van der Waals surface area (Å²) < 4.78 is 12.0. The number of aromatic hydroxyl groups is 1. The molecule has 1 aromatic rings. The largest absolute Gasteiger partial charge is 0.508 e. The molecule has 2 nitrogen and oxygen atoms in total. The number of phenols is 1. The third-order valence-corrected chi connectivity index (χ3v) is 1.47. The average Bonchev–Trinajstić information content (AvgIpc) is 2.05. The normalized spacial score (nSPS) is 10.0. The fraction of sp³-hybridized carbons (Fsp3) is 0.250. The second-order valence-corrected chi connectivity index (χ2v) is 2.25. The molecule has 11 heavy (non-hydrogen) atoms. The second-order valence-electron chi connectivity index (χ2n) is 2.25. The van der Waals surface area contributed by atoms with E-state index in [0.717, 1.165) is 0 Å². The predicted molar refractivity (Wildman–Crippen MR) is 38.8 cm³/mol. The van der Waals surface area contributed by atoms with Gasteiger partial charge in [-0.2, -0.15) is 0 Å². The Kier molecular flexibility index (Phi) is 2.44. The zero-order valence-electron chi connectivity index (χ0n) is 5.92. The molecule has 0 heterocycles. The molecule has 0 aliphatic heterocycles. The van der Waals surface area contributed by atoms with Gasteiger partial charge in [0.25, 0.3) is 0 Å². The molecule has 1 rings (SSSR count). The van der Waals surface area contributed by atoms with Crippen LogP contribution in [0.3, 0.4) is 0 Å². The summed E-state index contributed by atoms with van der Waals surface area (Å²) in [5.41, 5.74) is 0.826. The molecule has 60 valence electrons. The van der Waals surface area contributed by atoms with Gasteiger partial charge >= 0.3 is 0 Å². The number of aliphatic hydroxyl groups is 1. The Labute approximate surface area is 63.9 Å². The zero-order chi connectivity index (χ0) is 8.27. The summed E-state index contributed by atoms with van der Waals surface area (Å²) in [5.74, 6) is 0.00435. The van der Waals surface area contributed by atoms with Gasteiger partial charge < -0.3 is 10.2 Å². The Morgan fingerprint density at radius 1 is 1.36 bits per heavy atom. The summed E-state index contributed by atoms with van der Waals surface area (Å²) in [6, 6.07) is 4.30. The number of rotatable bonds is 2. The Bertz CT molecular complexity index is 248. The number of alkyl halides is 1. The van der Waals surface area contributed by atoms with Gasteiger partial charge in [-0.05, 0) is 17.7 Å². The summed E-state index contributed by atoms with van der Waals surface area (Å²) in [5, 5.41) is 17.7. The lowest BCUT2D eigenvalue weighted by Crippen LogP contribution is -1.86. The summed E-state index contributed by atoms with van der Waals surface area (Å²) in [7, 11) is 0. The van der Waals surface area contributed by atoms with E-state index < -0.39 is 6.67 Å². The molecular formula is C8H9FO2. The summed E-state index contributed by atoms with van der Waals surface area (Å²) >= 11 is 0. The van der Waals surface area contributed by atoms with Crippen LogP contribution in [0.2, 0.25) is 0 Å². The Balaban J connectivity index is 3.02. The molecule has 0 aliphatic rings. The molecule has 0 aromatic heterocycles. The van der Waals surface area contributed by atoms with Crippen LogP contribution in [-0.2, 0) is 13.3 Å². The molecule has 0 spiro atoms. The van der Waals surface area contributed by atoms with Gasteiger partial charge in [-0.1, -0.05) is 6.07 Å². The van der Waals surface area contributed by atoms with Crippen molar-refractivity contribution in [2.24, 2.45) is 0 Å². The third-order valence-electron chi connectivity index (χ3n) is 1.47.